The molecule has 0 saturated carbocycles. The first-order valence-electron chi connectivity index (χ1n) is 10.5. The number of benzene rings is 1. The van der Waals surface area contributed by atoms with E-state index in [1.807, 2.05) is 12.1 Å². The van der Waals surface area contributed by atoms with Crippen LogP contribution in [0.15, 0.2) is 36.5 Å². The molecule has 0 atom stereocenters. The monoisotopic (exact) mass is 459 g/mol. The topological polar surface area (TPSA) is 99.2 Å². The van der Waals surface area contributed by atoms with Crippen LogP contribution >= 0.6 is 0 Å². The van der Waals surface area contributed by atoms with Crippen molar-refractivity contribution < 1.29 is 28.5 Å². The Labute approximate surface area is 195 Å². The molecule has 1 aromatic heterocycles. The Balaban J connectivity index is 2.27. The zero-order valence-electron chi connectivity index (χ0n) is 20.5. The molecule has 1 aromatic carbocycles. The van der Waals surface area contributed by atoms with E-state index < -0.39 is 23.4 Å². The molecule has 0 aliphatic rings. The summed E-state index contributed by atoms with van der Waals surface area (Å²) in [6.07, 6.45) is -0.216. The van der Waals surface area contributed by atoms with E-state index in [4.69, 9.17) is 18.9 Å². The molecule has 9 nitrogen and oxygen atoms in total. The fourth-order valence-electron chi connectivity index (χ4n) is 2.72. The highest BCUT2D eigenvalue weighted by Crippen LogP contribution is 2.30. The molecule has 0 saturated heterocycles. The molecule has 0 radical (unpaired) electrons. The molecule has 0 spiro atoms. The van der Waals surface area contributed by atoms with E-state index in [0.29, 0.717) is 18.0 Å². The fraction of sp³-hybridized carbons (Fsp3) is 0.458. The highest BCUT2D eigenvalue weighted by Gasteiger charge is 2.33. The fourth-order valence-corrected chi connectivity index (χ4v) is 2.72. The summed E-state index contributed by atoms with van der Waals surface area (Å²) in [5.74, 6) is 1.32. The van der Waals surface area contributed by atoms with Crippen LogP contribution in [0.25, 0.3) is 0 Å². The molecule has 0 aliphatic carbocycles. The first-order valence-corrected chi connectivity index (χ1v) is 10.5. The van der Waals surface area contributed by atoms with Crippen LogP contribution in [-0.2, 0) is 16.0 Å². The van der Waals surface area contributed by atoms with Crippen LogP contribution in [0.1, 0.15) is 47.1 Å². The van der Waals surface area contributed by atoms with Gasteiger partial charge in [0.2, 0.25) is 0 Å². The summed E-state index contributed by atoms with van der Waals surface area (Å²) in [6.45, 7) is 10.7. The van der Waals surface area contributed by atoms with Gasteiger partial charge >= 0.3 is 12.2 Å². The van der Waals surface area contributed by atoms with E-state index in [1.165, 1.54) is 6.20 Å². The number of carbonyl (C=O) groups is 2. The molecule has 180 valence electrons. The molecule has 0 bridgehead atoms. The third kappa shape index (κ3) is 7.85. The number of methoxy groups -OCH3 is 2. The number of nitrogens with zero attached hydrogens (tertiary/aromatic N) is 2. The van der Waals surface area contributed by atoms with Gasteiger partial charge in [-0.1, -0.05) is 0 Å². The highest BCUT2D eigenvalue weighted by molar-refractivity contribution is 6.08. The average molecular weight is 460 g/mol. The SMILES string of the molecule is COc1ccc(NCc2ccnc(N(C(=O)OC(C)(C)C)C(=O)OC(C)(C)C)c2)cc1OC. The number of pyridine rings is 1. The van der Waals surface area contributed by atoms with Crippen LogP contribution < -0.4 is 19.7 Å². The van der Waals surface area contributed by atoms with Crippen molar-refractivity contribution in [3.05, 3.63) is 42.1 Å². The smallest absolute Gasteiger partial charge is 0.425 e. The van der Waals surface area contributed by atoms with Crippen LogP contribution in [0.5, 0.6) is 11.5 Å². The predicted octanol–water partition coefficient (Wildman–Crippen LogP) is 5.39. The number of hydrogen-bond acceptors (Lipinski definition) is 8. The van der Waals surface area contributed by atoms with Crippen molar-refractivity contribution in [2.45, 2.75) is 59.3 Å². The zero-order valence-corrected chi connectivity index (χ0v) is 20.5. The number of amides is 2. The first-order chi connectivity index (χ1) is 15.3. The Kier molecular flexibility index (Phi) is 8.13. The summed E-state index contributed by atoms with van der Waals surface area (Å²) < 4.78 is 21.4. The van der Waals surface area contributed by atoms with Gasteiger partial charge in [0.15, 0.2) is 11.5 Å². The van der Waals surface area contributed by atoms with Gasteiger partial charge in [-0.3, -0.25) is 0 Å². The van der Waals surface area contributed by atoms with Crippen molar-refractivity contribution in [3.63, 3.8) is 0 Å². The van der Waals surface area contributed by atoms with E-state index >= 15 is 0 Å². The van der Waals surface area contributed by atoms with Gasteiger partial charge in [-0.05, 0) is 71.4 Å². The molecule has 33 heavy (non-hydrogen) atoms. The molecule has 2 amide bonds. The highest BCUT2D eigenvalue weighted by atomic mass is 16.6. The van der Waals surface area contributed by atoms with Crippen molar-refractivity contribution in [2.24, 2.45) is 0 Å². The molecule has 0 fully saturated rings. The number of anilines is 2. The lowest BCUT2D eigenvalue weighted by molar-refractivity contribution is 0.0429. The Morgan fingerprint density at radius 1 is 0.879 bits per heavy atom. The van der Waals surface area contributed by atoms with Crippen molar-refractivity contribution in [3.8, 4) is 11.5 Å². The van der Waals surface area contributed by atoms with Gasteiger partial charge in [-0.25, -0.2) is 14.6 Å². The van der Waals surface area contributed by atoms with Gasteiger partial charge in [-0.2, -0.15) is 4.90 Å². The Hall–Kier alpha value is -3.49. The third-order valence-corrected chi connectivity index (χ3v) is 4.07. The standard InChI is InChI=1S/C24H33N3O6/c1-23(2,3)32-21(28)27(22(29)33-24(4,5)6)20-13-16(11-12-25-20)15-26-17-9-10-18(30-7)19(14-17)31-8/h9-14,26H,15H2,1-8H3. The van der Waals surface area contributed by atoms with Gasteiger partial charge in [0.05, 0.1) is 14.2 Å². The quantitative estimate of drug-likeness (QED) is 0.614. The van der Waals surface area contributed by atoms with Crippen LogP contribution in [0.3, 0.4) is 0 Å². The molecule has 1 heterocycles. The first kappa shape index (κ1) is 25.8. The normalized spacial score (nSPS) is 11.4. The lowest BCUT2D eigenvalue weighted by Crippen LogP contribution is -2.44. The number of aromatic nitrogens is 1. The molecule has 2 rings (SSSR count). The maximum absolute atomic E-state index is 12.8. The molecule has 9 heteroatoms. The van der Waals surface area contributed by atoms with Crippen LogP contribution in [0.4, 0.5) is 21.1 Å². The summed E-state index contributed by atoms with van der Waals surface area (Å²) in [7, 11) is 3.14. The number of nitrogens with one attached hydrogen (secondary N) is 1. The van der Waals surface area contributed by atoms with Crippen LogP contribution in [0.2, 0.25) is 0 Å². The van der Waals surface area contributed by atoms with Gasteiger partial charge in [0, 0.05) is 24.5 Å². The number of ether oxygens (including phenoxy) is 4. The van der Waals surface area contributed by atoms with E-state index in [2.05, 4.69) is 10.3 Å². The summed E-state index contributed by atoms with van der Waals surface area (Å²) in [4.78, 5) is 30.7. The third-order valence-electron chi connectivity index (χ3n) is 4.07. The second kappa shape index (κ2) is 10.4. The lowest BCUT2D eigenvalue weighted by Gasteiger charge is -2.28. The van der Waals surface area contributed by atoms with Gasteiger partial charge < -0.3 is 24.3 Å². The Bertz CT molecular complexity index is 951. The van der Waals surface area contributed by atoms with Crippen molar-refractivity contribution in [1.29, 1.82) is 0 Å². The van der Waals surface area contributed by atoms with Crippen molar-refractivity contribution in [1.82, 2.24) is 4.98 Å². The van der Waals surface area contributed by atoms with Crippen LogP contribution in [-0.4, -0.2) is 42.6 Å². The molecular weight excluding hydrogens is 426 g/mol. The average Bonchev–Trinajstić information content (AvgIpc) is 2.69. The van der Waals surface area contributed by atoms with Crippen LogP contribution in [0, 0.1) is 0 Å². The summed E-state index contributed by atoms with van der Waals surface area (Å²) in [5, 5.41) is 3.27. The minimum absolute atomic E-state index is 0.102. The molecule has 0 aliphatic heterocycles. The second-order valence-corrected chi connectivity index (χ2v) is 9.24. The summed E-state index contributed by atoms with van der Waals surface area (Å²) in [6, 6.07) is 8.87. The lowest BCUT2D eigenvalue weighted by atomic mass is 10.2. The largest absolute Gasteiger partial charge is 0.493 e. The molecule has 2 aromatic rings. The minimum Gasteiger partial charge on any atom is -0.493 e. The Morgan fingerprint density at radius 3 is 1.97 bits per heavy atom. The van der Waals surface area contributed by atoms with E-state index in [9.17, 15) is 9.59 Å². The maximum Gasteiger partial charge on any atom is 0.425 e. The maximum atomic E-state index is 12.8. The van der Waals surface area contributed by atoms with E-state index in [0.717, 1.165) is 16.2 Å². The molecule has 1 N–H and O–H groups in total. The number of carbonyl (C=O) groups excluding carboxylic acids is 2. The Morgan fingerprint density at radius 2 is 1.45 bits per heavy atom. The van der Waals surface area contributed by atoms with Crippen molar-refractivity contribution in [2.75, 3.05) is 24.4 Å². The van der Waals surface area contributed by atoms with Gasteiger partial charge in [0.25, 0.3) is 0 Å². The second-order valence-electron chi connectivity index (χ2n) is 9.24. The van der Waals surface area contributed by atoms with Crippen molar-refractivity contribution >= 4 is 23.7 Å². The number of imide groups is 1. The number of hydrogen-bond donors (Lipinski definition) is 1. The summed E-state index contributed by atoms with van der Waals surface area (Å²) in [5.41, 5.74) is -0.0116. The summed E-state index contributed by atoms with van der Waals surface area (Å²) >= 11 is 0. The van der Waals surface area contributed by atoms with E-state index in [1.54, 1.807) is 74.0 Å². The molecule has 0 unspecified atom stereocenters. The van der Waals surface area contributed by atoms with Gasteiger partial charge in [-0.15, -0.1) is 0 Å². The molecular formula is C24H33N3O6. The van der Waals surface area contributed by atoms with E-state index in [-0.39, 0.29) is 5.82 Å². The minimum atomic E-state index is -0.866. The predicted molar refractivity (Wildman–Crippen MR) is 126 cm³/mol. The van der Waals surface area contributed by atoms with Gasteiger partial charge in [0.1, 0.15) is 17.0 Å². The zero-order chi connectivity index (χ0) is 24.8. The number of rotatable bonds is 6.